The highest BCUT2D eigenvalue weighted by molar-refractivity contribution is 4.80. The van der Waals surface area contributed by atoms with E-state index in [1.807, 2.05) is 0 Å². The molecule has 0 radical (unpaired) electrons. The van der Waals surface area contributed by atoms with Crippen LogP contribution < -0.4 is 0 Å². The summed E-state index contributed by atoms with van der Waals surface area (Å²) in [5.41, 5.74) is 0. The molecule has 0 bridgehead atoms. The fourth-order valence-electron chi connectivity index (χ4n) is 4.15. The molecule has 1 atom stereocenters. The Labute approximate surface area is 139 Å². The van der Waals surface area contributed by atoms with E-state index in [0.29, 0.717) is 0 Å². The van der Waals surface area contributed by atoms with Gasteiger partial charge in [0.05, 0.1) is 0 Å². The highest BCUT2D eigenvalue weighted by Gasteiger charge is 2.24. The highest BCUT2D eigenvalue weighted by atomic mass is 15.3. The first-order valence-electron chi connectivity index (χ1n) is 9.76. The first kappa shape index (κ1) is 18.2. The van der Waals surface area contributed by atoms with Gasteiger partial charge in [-0.3, -0.25) is 4.90 Å². The first-order valence-corrected chi connectivity index (χ1v) is 9.76. The van der Waals surface area contributed by atoms with Gasteiger partial charge in [-0.25, -0.2) is 0 Å². The van der Waals surface area contributed by atoms with E-state index >= 15 is 0 Å². The molecule has 3 nitrogen and oxygen atoms in total. The molecular weight excluding hydrogens is 270 g/mol. The van der Waals surface area contributed by atoms with Crippen molar-refractivity contribution in [2.45, 2.75) is 71.9 Å². The molecule has 3 heteroatoms. The number of likely N-dealkylation sites (tertiary alicyclic amines) is 1. The summed E-state index contributed by atoms with van der Waals surface area (Å²) in [6, 6.07) is 1.60. The summed E-state index contributed by atoms with van der Waals surface area (Å²) in [5.74, 6) is 0.850. The summed E-state index contributed by atoms with van der Waals surface area (Å²) in [4.78, 5) is 8.06. The molecule has 2 rings (SSSR count). The molecule has 0 aromatic heterocycles. The van der Waals surface area contributed by atoms with Crippen LogP contribution in [0.25, 0.3) is 0 Å². The summed E-state index contributed by atoms with van der Waals surface area (Å²) in [7, 11) is 0. The van der Waals surface area contributed by atoms with Crippen LogP contribution in [-0.4, -0.2) is 72.6 Å². The van der Waals surface area contributed by atoms with E-state index in [2.05, 4.69) is 42.4 Å². The molecule has 2 aliphatic heterocycles. The first-order chi connectivity index (χ1) is 10.6. The third kappa shape index (κ3) is 5.82. The van der Waals surface area contributed by atoms with Crippen LogP contribution in [0.5, 0.6) is 0 Å². The molecule has 0 saturated carbocycles. The molecule has 0 N–H and O–H groups in total. The van der Waals surface area contributed by atoms with Crippen LogP contribution in [0.15, 0.2) is 0 Å². The van der Waals surface area contributed by atoms with E-state index in [9.17, 15) is 0 Å². The molecule has 22 heavy (non-hydrogen) atoms. The fraction of sp³-hybridized carbons (Fsp3) is 1.00. The molecule has 0 unspecified atom stereocenters. The number of nitrogens with zero attached hydrogens (tertiary/aromatic N) is 3. The summed E-state index contributed by atoms with van der Waals surface area (Å²) < 4.78 is 0. The van der Waals surface area contributed by atoms with E-state index in [1.54, 1.807) is 0 Å². The van der Waals surface area contributed by atoms with E-state index in [-0.39, 0.29) is 0 Å². The van der Waals surface area contributed by atoms with E-state index in [1.165, 1.54) is 77.9 Å². The van der Waals surface area contributed by atoms with Crippen molar-refractivity contribution in [2.75, 3.05) is 45.8 Å². The molecular formula is C19H39N3. The quantitative estimate of drug-likeness (QED) is 0.637. The standard InChI is InChI=1S/C19H39N3/c1-17(2)16-19-8-7-11-22(19)10-6-5-9-20-12-14-21(15-13-20)18(3)4/h17-19H,5-16H2,1-4H3/t19-/m1/s1. The Morgan fingerprint density at radius 3 is 2.18 bits per heavy atom. The van der Waals surface area contributed by atoms with Gasteiger partial charge < -0.3 is 9.80 Å². The van der Waals surface area contributed by atoms with Gasteiger partial charge >= 0.3 is 0 Å². The SMILES string of the molecule is CC(C)C[C@H]1CCCN1CCCCN1CCN(C(C)C)CC1. The van der Waals surface area contributed by atoms with Gasteiger partial charge in [0.2, 0.25) is 0 Å². The molecule has 0 aromatic rings. The molecule has 0 spiro atoms. The maximum atomic E-state index is 2.77. The smallest absolute Gasteiger partial charge is 0.0113 e. The Balaban J connectivity index is 1.56. The second kappa shape index (κ2) is 9.24. The van der Waals surface area contributed by atoms with Crippen molar-refractivity contribution in [1.29, 1.82) is 0 Å². The van der Waals surface area contributed by atoms with E-state index < -0.39 is 0 Å². The minimum Gasteiger partial charge on any atom is -0.301 e. The van der Waals surface area contributed by atoms with Gasteiger partial charge in [-0.1, -0.05) is 13.8 Å². The minimum atomic E-state index is 0.718. The number of hydrogen-bond donors (Lipinski definition) is 0. The summed E-state index contributed by atoms with van der Waals surface area (Å²) >= 11 is 0. The summed E-state index contributed by atoms with van der Waals surface area (Å²) in [6.45, 7) is 18.5. The lowest BCUT2D eigenvalue weighted by Gasteiger charge is -2.37. The molecule has 2 aliphatic rings. The van der Waals surface area contributed by atoms with Crippen LogP contribution in [0.1, 0.15) is 59.8 Å². The average Bonchev–Trinajstić information content (AvgIpc) is 2.90. The maximum Gasteiger partial charge on any atom is 0.0113 e. The van der Waals surface area contributed by atoms with Gasteiger partial charge in [0.15, 0.2) is 0 Å². The highest BCUT2D eigenvalue weighted by Crippen LogP contribution is 2.23. The molecule has 0 aromatic carbocycles. The van der Waals surface area contributed by atoms with Gasteiger partial charge in [0.25, 0.3) is 0 Å². The van der Waals surface area contributed by atoms with Gasteiger partial charge in [-0.2, -0.15) is 0 Å². The number of rotatable bonds is 8. The Bertz CT molecular complexity index is 295. The zero-order chi connectivity index (χ0) is 15.9. The molecule has 2 fully saturated rings. The Morgan fingerprint density at radius 2 is 1.55 bits per heavy atom. The van der Waals surface area contributed by atoms with Crippen molar-refractivity contribution in [3.63, 3.8) is 0 Å². The molecule has 0 amide bonds. The lowest BCUT2D eigenvalue weighted by Crippen LogP contribution is -2.49. The zero-order valence-electron chi connectivity index (χ0n) is 15.6. The summed E-state index contributed by atoms with van der Waals surface area (Å²) in [6.07, 6.45) is 7.03. The predicted molar refractivity (Wildman–Crippen MR) is 96.4 cm³/mol. The maximum absolute atomic E-state index is 2.77. The van der Waals surface area contributed by atoms with Gasteiger partial charge in [-0.15, -0.1) is 0 Å². The molecule has 130 valence electrons. The van der Waals surface area contributed by atoms with Crippen molar-refractivity contribution in [3.8, 4) is 0 Å². The van der Waals surface area contributed by atoms with Crippen molar-refractivity contribution >= 4 is 0 Å². The van der Waals surface area contributed by atoms with Gasteiger partial charge in [0, 0.05) is 38.3 Å². The van der Waals surface area contributed by atoms with Crippen molar-refractivity contribution in [3.05, 3.63) is 0 Å². The van der Waals surface area contributed by atoms with E-state index in [0.717, 1.165) is 18.0 Å². The molecule has 0 aliphatic carbocycles. The fourth-order valence-corrected chi connectivity index (χ4v) is 4.15. The Kier molecular flexibility index (Phi) is 7.66. The molecule has 2 saturated heterocycles. The Hall–Kier alpha value is -0.120. The summed E-state index contributed by atoms with van der Waals surface area (Å²) in [5, 5.41) is 0. The van der Waals surface area contributed by atoms with Crippen molar-refractivity contribution in [2.24, 2.45) is 5.92 Å². The number of unbranched alkanes of at least 4 members (excludes halogenated alkanes) is 1. The normalized spacial score (nSPS) is 25.6. The topological polar surface area (TPSA) is 9.72 Å². The average molecular weight is 310 g/mol. The van der Waals surface area contributed by atoms with Gasteiger partial charge in [-0.05, 0) is 71.5 Å². The minimum absolute atomic E-state index is 0.718. The second-order valence-corrected chi connectivity index (χ2v) is 8.14. The predicted octanol–water partition coefficient (Wildman–Crippen LogP) is 3.30. The largest absolute Gasteiger partial charge is 0.301 e. The zero-order valence-corrected chi connectivity index (χ0v) is 15.6. The van der Waals surface area contributed by atoms with Crippen LogP contribution in [0.3, 0.4) is 0 Å². The van der Waals surface area contributed by atoms with Gasteiger partial charge in [0.1, 0.15) is 0 Å². The lowest BCUT2D eigenvalue weighted by atomic mass is 10.0. The van der Waals surface area contributed by atoms with Crippen LogP contribution >= 0.6 is 0 Å². The van der Waals surface area contributed by atoms with Crippen LogP contribution in [0, 0.1) is 5.92 Å². The molecule has 2 heterocycles. The van der Waals surface area contributed by atoms with Crippen molar-refractivity contribution in [1.82, 2.24) is 14.7 Å². The third-order valence-corrected chi connectivity index (χ3v) is 5.55. The second-order valence-electron chi connectivity index (χ2n) is 8.14. The number of hydrogen-bond acceptors (Lipinski definition) is 3. The lowest BCUT2D eigenvalue weighted by molar-refractivity contribution is 0.106. The number of piperazine rings is 1. The Morgan fingerprint density at radius 1 is 0.864 bits per heavy atom. The van der Waals surface area contributed by atoms with E-state index in [4.69, 9.17) is 0 Å². The third-order valence-electron chi connectivity index (χ3n) is 5.55. The van der Waals surface area contributed by atoms with Crippen LogP contribution in [-0.2, 0) is 0 Å². The van der Waals surface area contributed by atoms with Crippen LogP contribution in [0.2, 0.25) is 0 Å². The van der Waals surface area contributed by atoms with Crippen molar-refractivity contribution < 1.29 is 0 Å². The van der Waals surface area contributed by atoms with Crippen LogP contribution in [0.4, 0.5) is 0 Å². The monoisotopic (exact) mass is 309 g/mol.